The minimum atomic E-state index is 0.487. The normalized spacial score (nSPS) is 10.4. The smallest absolute Gasteiger partial charge is 0.0728 e. The molecular weight excluding hydrogens is 196 g/mol. The molecule has 2 aromatic rings. The summed E-state index contributed by atoms with van der Waals surface area (Å²) >= 11 is 0. The van der Waals surface area contributed by atoms with Crippen LogP contribution in [0.15, 0.2) is 18.2 Å². The van der Waals surface area contributed by atoms with Crippen molar-refractivity contribution in [3.05, 3.63) is 29.5 Å². The van der Waals surface area contributed by atoms with Gasteiger partial charge in [0.15, 0.2) is 0 Å². The summed E-state index contributed by atoms with van der Waals surface area (Å²) in [5.74, 6) is 0.487. The Bertz CT molecular complexity index is 467. The van der Waals surface area contributed by atoms with Crippen LogP contribution < -0.4 is 0 Å². The molecule has 0 spiro atoms. The highest BCUT2D eigenvalue weighted by Crippen LogP contribution is 2.24. The van der Waals surface area contributed by atoms with Crippen LogP contribution in [-0.2, 0) is 7.05 Å². The zero-order valence-corrected chi connectivity index (χ0v) is 11.2. The molecule has 0 unspecified atom stereocenters. The summed E-state index contributed by atoms with van der Waals surface area (Å²) in [6.45, 7) is 10.5. The summed E-state index contributed by atoms with van der Waals surface area (Å²) < 4.78 is 1.97. The van der Waals surface area contributed by atoms with Gasteiger partial charge in [-0.3, -0.25) is 4.68 Å². The molecule has 16 heavy (non-hydrogen) atoms. The first-order valence-corrected chi connectivity index (χ1v) is 6.03. The van der Waals surface area contributed by atoms with Gasteiger partial charge in [0.2, 0.25) is 0 Å². The van der Waals surface area contributed by atoms with Gasteiger partial charge in [0.1, 0.15) is 0 Å². The van der Waals surface area contributed by atoms with Crippen LogP contribution in [0.4, 0.5) is 0 Å². The lowest BCUT2D eigenvalue weighted by Gasteiger charge is -1.99. The third kappa shape index (κ3) is 2.26. The lowest BCUT2D eigenvalue weighted by Crippen LogP contribution is -1.93. The van der Waals surface area contributed by atoms with Crippen molar-refractivity contribution < 1.29 is 0 Å². The number of hydrogen-bond acceptors (Lipinski definition) is 1. The van der Waals surface area contributed by atoms with Gasteiger partial charge in [-0.2, -0.15) is 5.10 Å². The third-order valence-corrected chi connectivity index (χ3v) is 2.58. The summed E-state index contributed by atoms with van der Waals surface area (Å²) in [5, 5.41) is 5.83. The van der Waals surface area contributed by atoms with Gasteiger partial charge in [0, 0.05) is 12.4 Å². The Hall–Kier alpha value is -1.31. The summed E-state index contributed by atoms with van der Waals surface area (Å²) in [6, 6.07) is 6.51. The van der Waals surface area contributed by atoms with Crippen molar-refractivity contribution in [2.75, 3.05) is 0 Å². The average molecular weight is 218 g/mol. The fourth-order valence-electron chi connectivity index (χ4n) is 1.82. The van der Waals surface area contributed by atoms with E-state index in [1.807, 2.05) is 25.6 Å². The van der Waals surface area contributed by atoms with Crippen LogP contribution in [0, 0.1) is 6.92 Å². The van der Waals surface area contributed by atoms with Gasteiger partial charge in [-0.15, -0.1) is 0 Å². The van der Waals surface area contributed by atoms with E-state index in [1.54, 1.807) is 0 Å². The maximum atomic E-state index is 4.55. The van der Waals surface area contributed by atoms with Crippen molar-refractivity contribution in [2.45, 2.75) is 40.5 Å². The topological polar surface area (TPSA) is 17.8 Å². The van der Waals surface area contributed by atoms with Gasteiger partial charge in [0.05, 0.1) is 11.2 Å². The number of aryl methyl sites for hydroxylation is 2. The summed E-state index contributed by atoms with van der Waals surface area (Å²) in [7, 11) is 2.01. The lowest BCUT2D eigenvalue weighted by molar-refractivity contribution is 0.729. The molecule has 0 saturated heterocycles. The van der Waals surface area contributed by atoms with E-state index in [0.29, 0.717) is 5.92 Å². The third-order valence-electron chi connectivity index (χ3n) is 2.58. The monoisotopic (exact) mass is 218 g/mol. The van der Waals surface area contributed by atoms with Crippen LogP contribution in [0.1, 0.15) is 44.9 Å². The van der Waals surface area contributed by atoms with Gasteiger partial charge in [-0.1, -0.05) is 39.8 Å². The Morgan fingerprint density at radius 3 is 2.38 bits per heavy atom. The molecule has 0 bridgehead atoms. The highest BCUT2D eigenvalue weighted by Gasteiger charge is 2.10. The predicted octanol–water partition coefficient (Wildman–Crippen LogP) is 4.03. The van der Waals surface area contributed by atoms with Crippen molar-refractivity contribution in [3.63, 3.8) is 0 Å². The molecule has 0 N–H and O–H groups in total. The molecule has 1 aromatic carbocycles. The van der Waals surface area contributed by atoms with Gasteiger partial charge in [-0.05, 0) is 24.5 Å². The van der Waals surface area contributed by atoms with Crippen LogP contribution >= 0.6 is 0 Å². The summed E-state index contributed by atoms with van der Waals surface area (Å²) in [6.07, 6.45) is 0. The largest absolute Gasteiger partial charge is 0.268 e. The van der Waals surface area contributed by atoms with Crippen LogP contribution in [-0.4, -0.2) is 9.78 Å². The molecule has 0 radical (unpaired) electrons. The van der Waals surface area contributed by atoms with E-state index in [9.17, 15) is 0 Å². The zero-order chi connectivity index (χ0) is 12.3. The molecule has 2 rings (SSSR count). The van der Waals surface area contributed by atoms with E-state index in [2.05, 4.69) is 44.1 Å². The van der Waals surface area contributed by atoms with Gasteiger partial charge < -0.3 is 0 Å². The molecule has 2 nitrogen and oxygen atoms in total. The van der Waals surface area contributed by atoms with Gasteiger partial charge >= 0.3 is 0 Å². The molecule has 0 atom stereocenters. The molecule has 0 fully saturated rings. The lowest BCUT2D eigenvalue weighted by atomic mass is 10.1. The average Bonchev–Trinajstić information content (AvgIpc) is 2.59. The van der Waals surface area contributed by atoms with Crippen molar-refractivity contribution in [1.29, 1.82) is 0 Å². The number of rotatable bonds is 1. The number of hydrogen-bond donors (Lipinski definition) is 0. The molecular formula is C14H22N2. The van der Waals surface area contributed by atoms with Gasteiger partial charge in [-0.25, -0.2) is 0 Å². The Morgan fingerprint density at radius 2 is 1.81 bits per heavy atom. The molecule has 0 aliphatic heterocycles. The molecule has 0 saturated carbocycles. The Balaban J connectivity index is 0.000000606. The second-order valence-electron chi connectivity index (χ2n) is 4.18. The molecule has 0 aliphatic carbocycles. The quantitative estimate of drug-likeness (QED) is 0.706. The van der Waals surface area contributed by atoms with E-state index in [-0.39, 0.29) is 0 Å². The minimum absolute atomic E-state index is 0.487. The first kappa shape index (κ1) is 12.8. The standard InChI is InChI=1S/C12H16N2.C2H6/c1-8(2)12-10-6-5-9(3)7-11(10)14(4)13-12;1-2/h5-8H,1-4H3;1-2H3. The van der Waals surface area contributed by atoms with Crippen LogP contribution in [0.2, 0.25) is 0 Å². The fraction of sp³-hybridized carbons (Fsp3) is 0.500. The molecule has 0 aliphatic rings. The second-order valence-corrected chi connectivity index (χ2v) is 4.18. The second kappa shape index (κ2) is 5.15. The first-order chi connectivity index (χ1) is 7.59. The van der Waals surface area contributed by atoms with E-state index in [4.69, 9.17) is 0 Å². The molecule has 88 valence electrons. The summed E-state index contributed by atoms with van der Waals surface area (Å²) in [5.41, 5.74) is 3.71. The zero-order valence-electron chi connectivity index (χ0n) is 11.2. The Kier molecular flexibility index (Phi) is 4.11. The molecule has 1 aromatic heterocycles. The number of aromatic nitrogens is 2. The van der Waals surface area contributed by atoms with E-state index in [0.717, 1.165) is 0 Å². The van der Waals surface area contributed by atoms with Crippen LogP contribution in [0.3, 0.4) is 0 Å². The number of nitrogens with zero attached hydrogens (tertiary/aromatic N) is 2. The molecule has 2 heteroatoms. The summed E-state index contributed by atoms with van der Waals surface area (Å²) in [4.78, 5) is 0. The van der Waals surface area contributed by atoms with E-state index < -0.39 is 0 Å². The fourth-order valence-corrected chi connectivity index (χ4v) is 1.82. The Labute approximate surface area is 98.3 Å². The Morgan fingerprint density at radius 1 is 1.19 bits per heavy atom. The SMILES string of the molecule is CC.Cc1ccc2c(C(C)C)nn(C)c2c1. The van der Waals surface area contributed by atoms with E-state index in [1.165, 1.54) is 22.2 Å². The minimum Gasteiger partial charge on any atom is -0.268 e. The van der Waals surface area contributed by atoms with Crippen molar-refractivity contribution in [1.82, 2.24) is 9.78 Å². The van der Waals surface area contributed by atoms with Crippen LogP contribution in [0.5, 0.6) is 0 Å². The van der Waals surface area contributed by atoms with Crippen molar-refractivity contribution in [3.8, 4) is 0 Å². The van der Waals surface area contributed by atoms with Crippen molar-refractivity contribution >= 4 is 10.9 Å². The van der Waals surface area contributed by atoms with E-state index >= 15 is 0 Å². The predicted molar refractivity (Wildman–Crippen MR) is 70.9 cm³/mol. The van der Waals surface area contributed by atoms with Gasteiger partial charge in [0.25, 0.3) is 0 Å². The number of fused-ring (bicyclic) bond motifs is 1. The highest BCUT2D eigenvalue weighted by atomic mass is 15.3. The highest BCUT2D eigenvalue weighted by molar-refractivity contribution is 5.83. The maximum Gasteiger partial charge on any atom is 0.0728 e. The maximum absolute atomic E-state index is 4.55. The molecule has 1 heterocycles. The van der Waals surface area contributed by atoms with Crippen LogP contribution in [0.25, 0.3) is 10.9 Å². The number of benzene rings is 1. The van der Waals surface area contributed by atoms with Crippen molar-refractivity contribution in [2.24, 2.45) is 7.05 Å². The first-order valence-electron chi connectivity index (χ1n) is 6.03. The molecule has 0 amide bonds.